The lowest BCUT2D eigenvalue weighted by Gasteiger charge is -2.10. The molecule has 0 aliphatic heterocycles. The number of aryl methyl sites for hydroxylation is 2. The molecule has 2 aromatic heterocycles. The van der Waals surface area contributed by atoms with E-state index in [9.17, 15) is 14.4 Å². The molecule has 0 amide bonds. The molecule has 1 aromatic carbocycles. The molecule has 0 saturated heterocycles. The van der Waals surface area contributed by atoms with Crippen LogP contribution in [0.3, 0.4) is 0 Å². The molecular weight excluding hydrogens is 452 g/mol. The number of unbranched alkanes of at least 4 members (excludes halogenated alkanes) is 1. The fourth-order valence-electron chi connectivity index (χ4n) is 3.33. The molecule has 176 valence electrons. The number of nitrogens with zero attached hydrogens (tertiary/aromatic N) is 3. The van der Waals surface area contributed by atoms with Crippen LogP contribution in [-0.4, -0.2) is 39.3 Å². The first-order valence-corrected chi connectivity index (χ1v) is 10.6. The van der Waals surface area contributed by atoms with E-state index in [4.69, 9.17) is 25.8 Å². The van der Waals surface area contributed by atoms with Gasteiger partial charge in [-0.1, -0.05) is 24.9 Å². The van der Waals surface area contributed by atoms with Crippen LogP contribution in [0.1, 0.15) is 31.2 Å². The maximum atomic E-state index is 12.3. The van der Waals surface area contributed by atoms with Crippen molar-refractivity contribution in [3.8, 4) is 11.5 Å². The highest BCUT2D eigenvalue weighted by molar-refractivity contribution is 6.32. The van der Waals surface area contributed by atoms with E-state index in [-0.39, 0.29) is 17.8 Å². The van der Waals surface area contributed by atoms with E-state index in [1.54, 1.807) is 19.2 Å². The standard InChI is InChI=1S/C22H25ClN4O6/c1-5-6-9-27-20-18(21(29)25-22(27)30)26(2)16(24-20)12-33-17(28)8-7-13-10-14(23)19(32-4)15(11-13)31-3/h7-8,10-11H,5-6,9,12H2,1-4H3,(H,25,29,30)/b8-7+. The summed E-state index contributed by atoms with van der Waals surface area (Å²) in [6, 6.07) is 3.29. The highest BCUT2D eigenvalue weighted by Crippen LogP contribution is 2.36. The zero-order valence-corrected chi connectivity index (χ0v) is 19.6. The largest absolute Gasteiger partial charge is 0.493 e. The van der Waals surface area contributed by atoms with Gasteiger partial charge in [0.05, 0.1) is 19.2 Å². The van der Waals surface area contributed by atoms with Crippen LogP contribution in [0.4, 0.5) is 0 Å². The van der Waals surface area contributed by atoms with Crippen LogP contribution in [-0.2, 0) is 29.7 Å². The van der Waals surface area contributed by atoms with E-state index in [1.807, 2.05) is 6.92 Å². The second-order valence-corrected chi connectivity index (χ2v) is 7.61. The molecule has 0 spiro atoms. The van der Waals surface area contributed by atoms with Gasteiger partial charge in [-0.2, -0.15) is 0 Å². The van der Waals surface area contributed by atoms with Crippen molar-refractivity contribution in [1.29, 1.82) is 0 Å². The number of methoxy groups -OCH3 is 2. The summed E-state index contributed by atoms with van der Waals surface area (Å²) in [6.45, 7) is 2.25. The topological polar surface area (TPSA) is 117 Å². The van der Waals surface area contributed by atoms with Crippen molar-refractivity contribution >= 4 is 34.8 Å². The number of carbonyl (C=O) groups excluding carboxylic acids is 1. The maximum Gasteiger partial charge on any atom is 0.331 e. The molecule has 0 atom stereocenters. The summed E-state index contributed by atoms with van der Waals surface area (Å²) in [5, 5.41) is 0.337. The average molecular weight is 477 g/mol. The minimum atomic E-state index is -0.620. The molecule has 10 nitrogen and oxygen atoms in total. The van der Waals surface area contributed by atoms with Crippen LogP contribution < -0.4 is 20.7 Å². The number of aromatic amines is 1. The Labute approximate surface area is 194 Å². The Balaban J connectivity index is 1.79. The van der Waals surface area contributed by atoms with Gasteiger partial charge >= 0.3 is 11.7 Å². The summed E-state index contributed by atoms with van der Waals surface area (Å²) in [6.07, 6.45) is 4.40. The van der Waals surface area contributed by atoms with Gasteiger partial charge < -0.3 is 18.8 Å². The Morgan fingerprint density at radius 2 is 2.00 bits per heavy atom. The van der Waals surface area contributed by atoms with Crippen molar-refractivity contribution in [2.24, 2.45) is 7.05 Å². The number of hydrogen-bond acceptors (Lipinski definition) is 7. The van der Waals surface area contributed by atoms with Gasteiger partial charge in [-0.05, 0) is 30.2 Å². The van der Waals surface area contributed by atoms with Gasteiger partial charge in [0.1, 0.15) is 12.4 Å². The predicted octanol–water partition coefficient (Wildman–Crippen LogP) is 2.65. The number of ether oxygens (including phenoxy) is 3. The van der Waals surface area contributed by atoms with Gasteiger partial charge in [-0.15, -0.1) is 0 Å². The summed E-state index contributed by atoms with van der Waals surface area (Å²) >= 11 is 6.18. The summed E-state index contributed by atoms with van der Waals surface area (Å²) in [7, 11) is 4.60. The van der Waals surface area contributed by atoms with Gasteiger partial charge in [0.25, 0.3) is 5.56 Å². The number of imidazole rings is 1. The van der Waals surface area contributed by atoms with E-state index < -0.39 is 17.2 Å². The van der Waals surface area contributed by atoms with Gasteiger partial charge in [0.15, 0.2) is 22.7 Å². The molecule has 3 aromatic rings. The van der Waals surface area contributed by atoms with Crippen LogP contribution >= 0.6 is 11.6 Å². The third kappa shape index (κ3) is 5.11. The molecule has 33 heavy (non-hydrogen) atoms. The molecule has 0 unspecified atom stereocenters. The van der Waals surface area contributed by atoms with Gasteiger partial charge in [-0.25, -0.2) is 14.6 Å². The van der Waals surface area contributed by atoms with Crippen LogP contribution in [0.5, 0.6) is 11.5 Å². The Morgan fingerprint density at radius 3 is 2.67 bits per heavy atom. The molecule has 11 heteroatoms. The number of hydrogen-bond donors (Lipinski definition) is 1. The van der Waals surface area contributed by atoms with Crippen molar-refractivity contribution in [2.45, 2.75) is 32.9 Å². The number of nitrogens with one attached hydrogen (secondary N) is 1. The fourth-order valence-corrected chi connectivity index (χ4v) is 3.62. The third-order valence-electron chi connectivity index (χ3n) is 5.05. The predicted molar refractivity (Wildman–Crippen MR) is 124 cm³/mol. The average Bonchev–Trinajstić information content (AvgIpc) is 3.12. The number of H-pyrrole nitrogens is 1. The second-order valence-electron chi connectivity index (χ2n) is 7.20. The molecule has 0 aliphatic rings. The van der Waals surface area contributed by atoms with Gasteiger partial charge in [0.2, 0.25) is 0 Å². The van der Waals surface area contributed by atoms with Crippen LogP contribution in [0.25, 0.3) is 17.2 Å². The zero-order chi connectivity index (χ0) is 24.1. The van der Waals surface area contributed by atoms with Crippen molar-refractivity contribution in [1.82, 2.24) is 19.1 Å². The number of aromatic nitrogens is 4. The quantitative estimate of drug-likeness (QED) is 0.372. The molecule has 3 rings (SSSR count). The normalized spacial score (nSPS) is 11.3. The SMILES string of the molecule is CCCCn1c(=O)[nH]c(=O)c2c1nc(COC(=O)/C=C/c1cc(Cl)c(OC)c(OC)c1)n2C. The molecule has 1 N–H and O–H groups in total. The summed E-state index contributed by atoms with van der Waals surface area (Å²) in [5.41, 5.74) is 0.0667. The lowest BCUT2D eigenvalue weighted by Crippen LogP contribution is -2.31. The van der Waals surface area contributed by atoms with E-state index in [0.29, 0.717) is 34.5 Å². The summed E-state index contributed by atoms with van der Waals surface area (Å²) in [5.74, 6) is 0.540. The number of rotatable bonds is 9. The molecule has 2 heterocycles. The Morgan fingerprint density at radius 1 is 1.24 bits per heavy atom. The van der Waals surface area contributed by atoms with E-state index in [0.717, 1.165) is 12.8 Å². The smallest absolute Gasteiger partial charge is 0.331 e. The first kappa shape index (κ1) is 24.1. The van der Waals surface area contributed by atoms with Gasteiger partial charge in [0, 0.05) is 19.7 Å². The van der Waals surface area contributed by atoms with Crippen LogP contribution in [0, 0.1) is 0 Å². The number of benzene rings is 1. The molecule has 0 aliphatic carbocycles. The Kier molecular flexibility index (Phi) is 7.59. The maximum absolute atomic E-state index is 12.3. The van der Waals surface area contributed by atoms with E-state index in [2.05, 4.69) is 9.97 Å². The second kappa shape index (κ2) is 10.4. The van der Waals surface area contributed by atoms with Gasteiger partial charge in [-0.3, -0.25) is 14.3 Å². The lowest BCUT2D eigenvalue weighted by atomic mass is 10.2. The summed E-state index contributed by atoms with van der Waals surface area (Å²) in [4.78, 5) is 43.5. The molecule has 0 fully saturated rings. The zero-order valence-electron chi connectivity index (χ0n) is 18.8. The Hall–Kier alpha value is -3.53. The lowest BCUT2D eigenvalue weighted by molar-refractivity contribution is -0.139. The van der Waals surface area contributed by atoms with Crippen molar-refractivity contribution in [3.05, 3.63) is 55.5 Å². The van der Waals surface area contributed by atoms with Crippen LogP contribution in [0.2, 0.25) is 5.02 Å². The van der Waals surface area contributed by atoms with Crippen molar-refractivity contribution in [3.63, 3.8) is 0 Å². The number of fused-ring (bicyclic) bond motifs is 1. The first-order chi connectivity index (χ1) is 15.8. The number of carbonyl (C=O) groups is 1. The van der Waals surface area contributed by atoms with E-state index in [1.165, 1.54) is 35.5 Å². The minimum Gasteiger partial charge on any atom is -0.493 e. The van der Waals surface area contributed by atoms with Crippen molar-refractivity contribution < 1.29 is 19.0 Å². The monoisotopic (exact) mass is 476 g/mol. The highest BCUT2D eigenvalue weighted by atomic mass is 35.5. The molecule has 0 saturated carbocycles. The highest BCUT2D eigenvalue weighted by Gasteiger charge is 2.17. The summed E-state index contributed by atoms with van der Waals surface area (Å²) < 4.78 is 18.7. The number of halogens is 1. The minimum absolute atomic E-state index is 0.178. The third-order valence-corrected chi connectivity index (χ3v) is 5.33. The van der Waals surface area contributed by atoms with E-state index >= 15 is 0 Å². The Bertz CT molecular complexity index is 1320. The number of esters is 1. The molecule has 0 bridgehead atoms. The first-order valence-electron chi connectivity index (χ1n) is 10.3. The van der Waals surface area contributed by atoms with Crippen LogP contribution in [0.15, 0.2) is 27.8 Å². The van der Waals surface area contributed by atoms with Crippen molar-refractivity contribution in [2.75, 3.05) is 14.2 Å². The fraction of sp³-hybridized carbons (Fsp3) is 0.364. The molecular formula is C22H25ClN4O6. The molecule has 0 radical (unpaired) electrons.